The van der Waals surface area contributed by atoms with Gasteiger partial charge in [0.25, 0.3) is 0 Å². The number of hydrogen-bond donors (Lipinski definition) is 1. The van der Waals surface area contributed by atoms with Gasteiger partial charge < -0.3 is 10.1 Å². The predicted octanol–water partition coefficient (Wildman–Crippen LogP) is 2.86. The number of anilines is 1. The molecule has 0 bridgehead atoms. The molecule has 3 rings (SSSR count). The largest absolute Gasteiger partial charge is 0.496 e. The van der Waals surface area contributed by atoms with Crippen molar-refractivity contribution in [1.29, 1.82) is 0 Å². The van der Waals surface area contributed by atoms with E-state index in [1.165, 1.54) is 0 Å². The third kappa shape index (κ3) is 1.64. The van der Waals surface area contributed by atoms with Crippen molar-refractivity contribution in [3.05, 3.63) is 48.0 Å². The number of methoxy groups -OCH3 is 1. The highest BCUT2D eigenvalue weighted by molar-refractivity contribution is 6.04. The molecule has 1 N–H and O–H groups in total. The maximum absolute atomic E-state index is 11.5. The van der Waals surface area contributed by atoms with E-state index < -0.39 is 0 Å². The minimum atomic E-state index is 0.0485. The average molecular weight is 239 g/mol. The number of carbonyl (C=O) groups excluding carboxylic acids is 1. The highest BCUT2D eigenvalue weighted by Crippen LogP contribution is 2.38. The minimum absolute atomic E-state index is 0.0485. The number of hydrogen-bond acceptors (Lipinski definition) is 2. The highest BCUT2D eigenvalue weighted by atomic mass is 16.5. The maximum Gasteiger partial charge on any atom is 0.228 e. The van der Waals surface area contributed by atoms with Gasteiger partial charge in [-0.1, -0.05) is 36.4 Å². The first-order chi connectivity index (χ1) is 8.79. The Hall–Kier alpha value is -2.29. The summed E-state index contributed by atoms with van der Waals surface area (Å²) in [6.45, 7) is 0. The topological polar surface area (TPSA) is 38.3 Å². The number of nitrogens with one attached hydrogen (secondary N) is 1. The SMILES string of the molecule is COc1ccccc1-c1cccc2c1NC(=O)C2. The summed E-state index contributed by atoms with van der Waals surface area (Å²) in [4.78, 5) is 11.5. The molecule has 18 heavy (non-hydrogen) atoms. The molecule has 0 aromatic heterocycles. The lowest BCUT2D eigenvalue weighted by molar-refractivity contribution is -0.115. The van der Waals surface area contributed by atoms with Crippen molar-refractivity contribution >= 4 is 11.6 Å². The van der Waals surface area contributed by atoms with Gasteiger partial charge >= 0.3 is 0 Å². The lowest BCUT2D eigenvalue weighted by Gasteiger charge is -2.12. The zero-order valence-electron chi connectivity index (χ0n) is 10.1. The molecule has 1 aliphatic heterocycles. The molecule has 0 saturated carbocycles. The van der Waals surface area contributed by atoms with Gasteiger partial charge in [0, 0.05) is 11.1 Å². The van der Waals surface area contributed by atoms with Crippen molar-refractivity contribution < 1.29 is 9.53 Å². The van der Waals surface area contributed by atoms with E-state index in [1.807, 2.05) is 42.5 Å². The van der Waals surface area contributed by atoms with Crippen LogP contribution in [0.5, 0.6) is 5.75 Å². The number of para-hydroxylation sites is 2. The molecule has 3 heteroatoms. The van der Waals surface area contributed by atoms with Crippen LogP contribution < -0.4 is 10.1 Å². The molecule has 1 amide bonds. The van der Waals surface area contributed by atoms with Crippen LogP contribution in [0.2, 0.25) is 0 Å². The smallest absolute Gasteiger partial charge is 0.228 e. The molecule has 0 saturated heterocycles. The van der Waals surface area contributed by atoms with Gasteiger partial charge in [0.15, 0.2) is 0 Å². The molecular weight excluding hydrogens is 226 g/mol. The number of ether oxygens (including phenoxy) is 1. The Morgan fingerprint density at radius 2 is 1.83 bits per heavy atom. The number of fused-ring (bicyclic) bond motifs is 1. The minimum Gasteiger partial charge on any atom is -0.496 e. The fourth-order valence-electron chi connectivity index (χ4n) is 2.34. The average Bonchev–Trinajstić information content (AvgIpc) is 2.78. The number of rotatable bonds is 2. The van der Waals surface area contributed by atoms with Crippen LogP contribution >= 0.6 is 0 Å². The summed E-state index contributed by atoms with van der Waals surface area (Å²) < 4.78 is 5.37. The van der Waals surface area contributed by atoms with E-state index >= 15 is 0 Å². The number of amides is 1. The Balaban J connectivity index is 2.19. The van der Waals surface area contributed by atoms with Crippen LogP contribution in [-0.4, -0.2) is 13.0 Å². The molecule has 90 valence electrons. The number of carbonyl (C=O) groups is 1. The zero-order valence-corrected chi connectivity index (χ0v) is 10.1. The third-order valence-electron chi connectivity index (χ3n) is 3.16. The lowest BCUT2D eigenvalue weighted by atomic mass is 10.00. The first kappa shape index (κ1) is 10.8. The Bertz CT molecular complexity index is 620. The molecule has 0 radical (unpaired) electrons. The van der Waals surface area contributed by atoms with Crippen LogP contribution in [0.1, 0.15) is 5.56 Å². The summed E-state index contributed by atoms with van der Waals surface area (Å²) in [6.07, 6.45) is 0.457. The molecule has 0 atom stereocenters. The molecule has 2 aromatic carbocycles. The predicted molar refractivity (Wildman–Crippen MR) is 70.8 cm³/mol. The van der Waals surface area contributed by atoms with Crippen LogP contribution in [-0.2, 0) is 11.2 Å². The molecule has 0 fully saturated rings. The molecule has 0 spiro atoms. The van der Waals surface area contributed by atoms with Gasteiger partial charge in [-0.25, -0.2) is 0 Å². The summed E-state index contributed by atoms with van der Waals surface area (Å²) in [6, 6.07) is 13.8. The molecule has 2 aromatic rings. The van der Waals surface area contributed by atoms with Crippen molar-refractivity contribution in [2.24, 2.45) is 0 Å². The fraction of sp³-hybridized carbons (Fsp3) is 0.133. The van der Waals surface area contributed by atoms with Gasteiger partial charge in [-0.2, -0.15) is 0 Å². The summed E-state index contributed by atoms with van der Waals surface area (Å²) >= 11 is 0. The Kier molecular flexibility index (Phi) is 2.52. The van der Waals surface area contributed by atoms with Gasteiger partial charge in [0.05, 0.1) is 19.2 Å². The lowest BCUT2D eigenvalue weighted by Crippen LogP contribution is -2.04. The molecule has 1 heterocycles. The third-order valence-corrected chi connectivity index (χ3v) is 3.16. The van der Waals surface area contributed by atoms with E-state index in [0.29, 0.717) is 6.42 Å². The van der Waals surface area contributed by atoms with Gasteiger partial charge in [0.2, 0.25) is 5.91 Å². The maximum atomic E-state index is 11.5. The van der Waals surface area contributed by atoms with Gasteiger partial charge in [-0.3, -0.25) is 4.79 Å². The summed E-state index contributed by atoms with van der Waals surface area (Å²) in [7, 11) is 1.65. The Morgan fingerprint density at radius 1 is 1.06 bits per heavy atom. The molecule has 1 aliphatic rings. The molecule has 0 aliphatic carbocycles. The summed E-state index contributed by atoms with van der Waals surface area (Å²) in [5.74, 6) is 0.861. The summed E-state index contributed by atoms with van der Waals surface area (Å²) in [5.41, 5.74) is 3.96. The van der Waals surface area contributed by atoms with Gasteiger partial charge in [-0.15, -0.1) is 0 Å². The second-order valence-electron chi connectivity index (χ2n) is 4.26. The molecule has 0 unspecified atom stereocenters. The van der Waals surface area contributed by atoms with Crippen molar-refractivity contribution in [1.82, 2.24) is 0 Å². The molecule has 3 nitrogen and oxygen atoms in total. The number of benzene rings is 2. The first-order valence-corrected chi connectivity index (χ1v) is 5.84. The van der Waals surface area contributed by atoms with E-state index in [0.717, 1.165) is 28.1 Å². The highest BCUT2D eigenvalue weighted by Gasteiger charge is 2.21. The van der Waals surface area contributed by atoms with E-state index in [2.05, 4.69) is 5.32 Å². The first-order valence-electron chi connectivity index (χ1n) is 5.84. The quantitative estimate of drug-likeness (QED) is 0.875. The van der Waals surface area contributed by atoms with E-state index in [4.69, 9.17) is 4.74 Å². The van der Waals surface area contributed by atoms with Crippen molar-refractivity contribution in [3.8, 4) is 16.9 Å². The van der Waals surface area contributed by atoms with Gasteiger partial charge in [0.1, 0.15) is 5.75 Å². The molecular formula is C15H13NO2. The monoisotopic (exact) mass is 239 g/mol. The van der Waals surface area contributed by atoms with E-state index in [9.17, 15) is 4.79 Å². The zero-order chi connectivity index (χ0) is 12.5. The van der Waals surface area contributed by atoms with Crippen molar-refractivity contribution in [2.45, 2.75) is 6.42 Å². The van der Waals surface area contributed by atoms with E-state index in [-0.39, 0.29) is 5.91 Å². The second-order valence-corrected chi connectivity index (χ2v) is 4.26. The van der Waals surface area contributed by atoms with Crippen molar-refractivity contribution in [2.75, 3.05) is 12.4 Å². The van der Waals surface area contributed by atoms with Crippen LogP contribution in [0.4, 0.5) is 5.69 Å². The van der Waals surface area contributed by atoms with Crippen LogP contribution in [0.3, 0.4) is 0 Å². The fourth-order valence-corrected chi connectivity index (χ4v) is 2.34. The Morgan fingerprint density at radius 3 is 2.67 bits per heavy atom. The van der Waals surface area contributed by atoms with Crippen LogP contribution in [0.25, 0.3) is 11.1 Å². The normalized spacial score (nSPS) is 13.1. The van der Waals surface area contributed by atoms with Crippen LogP contribution in [0.15, 0.2) is 42.5 Å². The second kappa shape index (κ2) is 4.18. The van der Waals surface area contributed by atoms with Gasteiger partial charge in [-0.05, 0) is 11.6 Å². The van der Waals surface area contributed by atoms with Crippen molar-refractivity contribution in [3.63, 3.8) is 0 Å². The van der Waals surface area contributed by atoms with Crippen LogP contribution in [0, 0.1) is 0 Å². The summed E-state index contributed by atoms with van der Waals surface area (Å²) in [5, 5.41) is 2.92. The standard InChI is InChI=1S/C15H13NO2/c1-18-13-8-3-2-6-11(13)12-7-4-5-10-9-14(17)16-15(10)12/h2-8H,9H2,1H3,(H,16,17). The Labute approximate surface area is 105 Å². The van der Waals surface area contributed by atoms with E-state index in [1.54, 1.807) is 7.11 Å².